The maximum Gasteiger partial charge on any atom is 0.157 e. The van der Waals surface area contributed by atoms with E-state index in [0.29, 0.717) is 13.5 Å². The lowest BCUT2D eigenvalue weighted by Gasteiger charge is -2.26. The van der Waals surface area contributed by atoms with Crippen molar-refractivity contribution in [2.45, 2.75) is 64.7 Å². The quantitative estimate of drug-likeness (QED) is 0.163. The van der Waals surface area contributed by atoms with Crippen molar-refractivity contribution < 1.29 is 9.47 Å². The van der Waals surface area contributed by atoms with Gasteiger partial charge in [-0.15, -0.1) is 0 Å². The van der Waals surface area contributed by atoms with Crippen LogP contribution in [0.5, 0.6) is 0 Å². The Bertz CT molecular complexity index is 1020. The highest BCUT2D eigenvalue weighted by atomic mass is 28.3. The maximum atomic E-state index is 6.15. The molecule has 0 spiro atoms. The Labute approximate surface area is 207 Å². The molecule has 0 saturated heterocycles. The molecule has 0 saturated carbocycles. The summed E-state index contributed by atoms with van der Waals surface area (Å²) in [7, 11) is -2.30. The highest BCUT2D eigenvalue weighted by Gasteiger charge is 2.18. The molecule has 0 fully saturated rings. The summed E-state index contributed by atoms with van der Waals surface area (Å²) in [6, 6.07) is 15.0. The third-order valence-corrected chi connectivity index (χ3v) is 9.12. The number of rotatable bonds is 13. The summed E-state index contributed by atoms with van der Waals surface area (Å²) < 4.78 is 14.2. The molecule has 0 atom stereocenters. The Kier molecular flexibility index (Phi) is 9.09. The molecule has 6 nitrogen and oxygen atoms in total. The van der Waals surface area contributed by atoms with Gasteiger partial charge in [0.2, 0.25) is 0 Å². The number of hydrogen-bond donors (Lipinski definition) is 0. The van der Waals surface area contributed by atoms with E-state index in [4.69, 9.17) is 14.5 Å². The van der Waals surface area contributed by atoms with Crippen LogP contribution in [0.4, 0.5) is 5.82 Å². The van der Waals surface area contributed by atoms with E-state index in [2.05, 4.69) is 86.5 Å². The molecule has 1 aromatic carbocycles. The first-order chi connectivity index (χ1) is 16.0. The van der Waals surface area contributed by atoms with Crippen LogP contribution in [-0.4, -0.2) is 57.4 Å². The van der Waals surface area contributed by atoms with E-state index >= 15 is 0 Å². The molecule has 0 unspecified atom stereocenters. The van der Waals surface area contributed by atoms with Gasteiger partial charge in [-0.05, 0) is 24.6 Å². The second-order valence-corrected chi connectivity index (χ2v) is 22.8. The number of aromatic nitrogens is 3. The van der Waals surface area contributed by atoms with Gasteiger partial charge in [-0.1, -0.05) is 69.1 Å². The van der Waals surface area contributed by atoms with Crippen LogP contribution < -0.4 is 4.90 Å². The normalized spacial score (nSPS) is 12.4. The standard InChI is InChI=1S/C26H42N4O2Si2/c1-22-8-10-23(11-9-22)18-24-19-26(30-25(28-24)12-13-27-30)29(20-31-14-16-33(2,3)4)21-32-15-17-34(5,6)7/h8-13,19H,14-18,20-21H2,1-7H3. The zero-order valence-corrected chi connectivity index (χ0v) is 24.1. The third-order valence-electron chi connectivity index (χ3n) is 5.71. The fraction of sp³-hybridized carbons (Fsp3) is 0.538. The molecule has 0 N–H and O–H groups in total. The lowest BCUT2D eigenvalue weighted by Crippen LogP contribution is -2.33. The van der Waals surface area contributed by atoms with Crippen molar-refractivity contribution in [3.05, 3.63) is 59.4 Å². The van der Waals surface area contributed by atoms with Crippen LogP contribution in [-0.2, 0) is 15.9 Å². The van der Waals surface area contributed by atoms with Crippen LogP contribution in [0.1, 0.15) is 16.8 Å². The monoisotopic (exact) mass is 498 g/mol. The summed E-state index contributed by atoms with van der Waals surface area (Å²) in [5.74, 6) is 0.957. The van der Waals surface area contributed by atoms with Crippen molar-refractivity contribution in [3.63, 3.8) is 0 Å². The molecule has 3 rings (SSSR count). The van der Waals surface area contributed by atoms with Gasteiger partial charge in [0.15, 0.2) is 5.65 Å². The van der Waals surface area contributed by atoms with E-state index < -0.39 is 16.1 Å². The molecule has 8 heteroatoms. The van der Waals surface area contributed by atoms with Crippen molar-refractivity contribution in [2.75, 3.05) is 31.6 Å². The summed E-state index contributed by atoms with van der Waals surface area (Å²) in [5, 5.41) is 4.55. The van der Waals surface area contributed by atoms with E-state index in [1.807, 2.05) is 10.6 Å². The van der Waals surface area contributed by atoms with E-state index in [-0.39, 0.29) is 0 Å². The zero-order chi connectivity index (χ0) is 24.8. The molecule has 2 heterocycles. The minimum atomic E-state index is -1.15. The molecule has 3 aromatic rings. The van der Waals surface area contributed by atoms with E-state index in [1.54, 1.807) is 6.20 Å². The Morgan fingerprint density at radius 1 is 0.853 bits per heavy atom. The fourth-order valence-corrected chi connectivity index (χ4v) is 4.97. The summed E-state index contributed by atoms with van der Waals surface area (Å²) >= 11 is 0. The topological polar surface area (TPSA) is 51.9 Å². The van der Waals surface area contributed by atoms with Gasteiger partial charge in [-0.25, -0.2) is 4.98 Å². The first kappa shape index (κ1) is 26.6. The first-order valence-corrected chi connectivity index (χ1v) is 19.7. The molecule has 186 valence electrons. The van der Waals surface area contributed by atoms with Crippen LogP contribution >= 0.6 is 0 Å². The molecule has 0 aliphatic rings. The Hall–Kier alpha value is -2.01. The van der Waals surface area contributed by atoms with Gasteiger partial charge in [-0.2, -0.15) is 9.61 Å². The predicted molar refractivity (Wildman–Crippen MR) is 147 cm³/mol. The van der Waals surface area contributed by atoms with Crippen molar-refractivity contribution in [1.29, 1.82) is 0 Å². The number of nitrogens with zero attached hydrogens (tertiary/aromatic N) is 4. The predicted octanol–water partition coefficient (Wildman–Crippen LogP) is 6.06. The van der Waals surface area contributed by atoms with E-state index in [9.17, 15) is 0 Å². The smallest absolute Gasteiger partial charge is 0.157 e. The lowest BCUT2D eigenvalue weighted by molar-refractivity contribution is 0.0942. The highest BCUT2D eigenvalue weighted by Crippen LogP contribution is 2.20. The maximum absolute atomic E-state index is 6.15. The SMILES string of the molecule is Cc1ccc(Cc2cc(N(COCC[Si](C)(C)C)COCC[Si](C)(C)C)n3nccc3n2)cc1. The summed E-state index contributed by atoms with van der Waals surface area (Å²) in [6.45, 7) is 18.9. The Morgan fingerprint density at radius 2 is 1.44 bits per heavy atom. The van der Waals surface area contributed by atoms with E-state index in [0.717, 1.165) is 48.9 Å². The molecule has 0 aliphatic carbocycles. The minimum Gasteiger partial charge on any atom is -0.361 e. The second kappa shape index (κ2) is 11.6. The van der Waals surface area contributed by atoms with Crippen LogP contribution in [0, 0.1) is 6.92 Å². The largest absolute Gasteiger partial charge is 0.361 e. The van der Waals surface area contributed by atoms with E-state index in [1.165, 1.54) is 11.1 Å². The lowest BCUT2D eigenvalue weighted by atomic mass is 10.1. The summed E-state index contributed by atoms with van der Waals surface area (Å²) in [5.41, 5.74) is 4.37. The van der Waals surface area contributed by atoms with Crippen LogP contribution in [0.2, 0.25) is 51.4 Å². The number of fused-ring (bicyclic) bond motifs is 1. The average molecular weight is 499 g/mol. The molecule has 2 aromatic heterocycles. The molecule has 0 bridgehead atoms. The second-order valence-electron chi connectivity index (χ2n) is 11.6. The van der Waals surface area contributed by atoms with Crippen molar-refractivity contribution in [2.24, 2.45) is 0 Å². The molecule has 0 amide bonds. The number of anilines is 1. The first-order valence-electron chi connectivity index (χ1n) is 12.3. The van der Waals surface area contributed by atoms with Gasteiger partial charge in [0.05, 0.1) is 11.9 Å². The van der Waals surface area contributed by atoms with Crippen LogP contribution in [0.15, 0.2) is 42.6 Å². The van der Waals surface area contributed by atoms with Crippen LogP contribution in [0.25, 0.3) is 5.65 Å². The van der Waals surface area contributed by atoms with Crippen molar-refractivity contribution >= 4 is 27.6 Å². The number of ether oxygens (including phenoxy) is 2. The minimum absolute atomic E-state index is 0.473. The van der Waals surface area contributed by atoms with Gasteiger partial charge in [0.25, 0.3) is 0 Å². The fourth-order valence-electron chi connectivity index (χ4n) is 3.45. The van der Waals surface area contributed by atoms with Gasteiger partial charge in [-0.3, -0.25) is 0 Å². The molecule has 0 radical (unpaired) electrons. The van der Waals surface area contributed by atoms with Gasteiger partial charge >= 0.3 is 0 Å². The summed E-state index contributed by atoms with van der Waals surface area (Å²) in [6.07, 6.45) is 2.58. The molecule has 34 heavy (non-hydrogen) atoms. The zero-order valence-electron chi connectivity index (χ0n) is 22.1. The van der Waals surface area contributed by atoms with Crippen molar-refractivity contribution in [1.82, 2.24) is 14.6 Å². The summed E-state index contributed by atoms with van der Waals surface area (Å²) in [4.78, 5) is 7.00. The number of benzene rings is 1. The molecular formula is C26H42N4O2Si2. The molecule has 0 aliphatic heterocycles. The van der Waals surface area contributed by atoms with Gasteiger partial charge in [0.1, 0.15) is 19.3 Å². The van der Waals surface area contributed by atoms with Gasteiger partial charge in [0, 0.05) is 47.9 Å². The third kappa shape index (κ3) is 8.65. The Morgan fingerprint density at radius 3 is 2.00 bits per heavy atom. The van der Waals surface area contributed by atoms with Gasteiger partial charge < -0.3 is 14.4 Å². The highest BCUT2D eigenvalue weighted by molar-refractivity contribution is 6.76. The average Bonchev–Trinajstić information content (AvgIpc) is 3.21. The van der Waals surface area contributed by atoms with Crippen LogP contribution in [0.3, 0.4) is 0 Å². The molecular weight excluding hydrogens is 456 g/mol. The Balaban J connectivity index is 1.81. The van der Waals surface area contributed by atoms with Crippen molar-refractivity contribution in [3.8, 4) is 0 Å². The number of hydrogen-bond acceptors (Lipinski definition) is 5. The number of aryl methyl sites for hydroxylation is 1.